The molecule has 190 valence electrons. The number of carbonyl (C=O) groups is 1. The van der Waals surface area contributed by atoms with Crippen LogP contribution in [-0.4, -0.2) is 19.2 Å². The molecule has 1 unspecified atom stereocenters. The Bertz CT molecular complexity index is 1410. The van der Waals surface area contributed by atoms with Crippen LogP contribution in [0.3, 0.4) is 0 Å². The fourth-order valence-corrected chi connectivity index (χ4v) is 4.45. The molecule has 1 aliphatic heterocycles. The number of carbonyl (C=O) groups excluding carboxylic acids is 1. The fraction of sp³-hybridized carbons (Fsp3) is 0.214. The number of hydrogen-bond donors (Lipinski definition) is 1. The summed E-state index contributed by atoms with van der Waals surface area (Å²) in [5, 5.41) is 10.5. The Hall–Kier alpha value is -3.86. The highest BCUT2D eigenvalue weighted by molar-refractivity contribution is 6.36. The number of benzene rings is 3. The number of nitrogens with two attached hydrogens (primary N) is 1. The molecule has 3 aromatic rings. The minimum absolute atomic E-state index is 0.0338. The molecule has 0 radical (unpaired) electrons. The standard InChI is InChI=1S/C28H24Cl2N2O5/c1-3-11-35-23-10-5-16(12-25(23)34-4-2)26-20-9-7-18(14-24(20)37-27(32)21(26)15-31)36-28(33)19-8-6-17(29)13-22(19)30/h5-10,12-14,26H,3-4,11,32H2,1-2H3. The van der Waals surface area contributed by atoms with E-state index in [2.05, 4.69) is 6.07 Å². The van der Waals surface area contributed by atoms with Gasteiger partial charge in [-0.25, -0.2) is 4.79 Å². The molecule has 0 amide bonds. The lowest BCUT2D eigenvalue weighted by Crippen LogP contribution is -2.21. The third kappa shape index (κ3) is 5.61. The second-order valence-electron chi connectivity index (χ2n) is 8.13. The molecule has 2 N–H and O–H groups in total. The zero-order valence-corrected chi connectivity index (χ0v) is 21.7. The molecule has 1 aliphatic rings. The number of nitrogens with zero attached hydrogens (tertiary/aromatic N) is 1. The predicted octanol–water partition coefficient (Wildman–Crippen LogP) is 6.62. The molecule has 3 aromatic carbocycles. The highest BCUT2D eigenvalue weighted by Crippen LogP contribution is 2.45. The van der Waals surface area contributed by atoms with E-state index in [0.717, 1.165) is 12.0 Å². The average Bonchev–Trinajstić information content (AvgIpc) is 2.87. The Morgan fingerprint density at radius 3 is 2.57 bits per heavy atom. The molecule has 0 aromatic heterocycles. The van der Waals surface area contributed by atoms with Crippen molar-refractivity contribution in [1.29, 1.82) is 5.26 Å². The van der Waals surface area contributed by atoms with Crippen LogP contribution in [0.15, 0.2) is 66.1 Å². The average molecular weight is 539 g/mol. The quantitative estimate of drug-likeness (QED) is 0.254. The molecule has 0 fully saturated rings. The van der Waals surface area contributed by atoms with Gasteiger partial charge >= 0.3 is 5.97 Å². The number of nitriles is 1. The molecule has 9 heteroatoms. The van der Waals surface area contributed by atoms with E-state index >= 15 is 0 Å². The molecule has 0 bridgehead atoms. The van der Waals surface area contributed by atoms with Crippen LogP contribution in [0.4, 0.5) is 0 Å². The van der Waals surface area contributed by atoms with Gasteiger partial charge in [0.1, 0.15) is 23.1 Å². The van der Waals surface area contributed by atoms with Crippen molar-refractivity contribution in [2.24, 2.45) is 5.73 Å². The van der Waals surface area contributed by atoms with Gasteiger partial charge < -0.3 is 24.7 Å². The number of hydrogen-bond acceptors (Lipinski definition) is 7. The maximum atomic E-state index is 12.7. The number of allylic oxidation sites excluding steroid dienone is 1. The van der Waals surface area contributed by atoms with Crippen LogP contribution in [0.1, 0.15) is 47.7 Å². The zero-order valence-electron chi connectivity index (χ0n) is 20.2. The number of ether oxygens (including phenoxy) is 4. The first-order valence-corrected chi connectivity index (χ1v) is 12.4. The number of fused-ring (bicyclic) bond motifs is 1. The van der Waals surface area contributed by atoms with E-state index < -0.39 is 11.9 Å². The predicted molar refractivity (Wildman–Crippen MR) is 141 cm³/mol. The van der Waals surface area contributed by atoms with E-state index in [0.29, 0.717) is 41.0 Å². The van der Waals surface area contributed by atoms with Crippen LogP contribution in [0.5, 0.6) is 23.0 Å². The number of rotatable bonds is 8. The summed E-state index contributed by atoms with van der Waals surface area (Å²) < 4.78 is 22.9. The van der Waals surface area contributed by atoms with Gasteiger partial charge in [0.2, 0.25) is 5.88 Å². The van der Waals surface area contributed by atoms with Gasteiger partial charge in [-0.2, -0.15) is 5.26 Å². The van der Waals surface area contributed by atoms with Gasteiger partial charge in [0.25, 0.3) is 0 Å². The second-order valence-corrected chi connectivity index (χ2v) is 8.97. The van der Waals surface area contributed by atoms with Crippen LogP contribution in [0, 0.1) is 11.3 Å². The maximum absolute atomic E-state index is 12.7. The van der Waals surface area contributed by atoms with E-state index in [4.69, 9.17) is 47.9 Å². The van der Waals surface area contributed by atoms with Crippen molar-refractivity contribution in [3.05, 3.63) is 92.8 Å². The molecular formula is C28H24Cl2N2O5. The first-order valence-electron chi connectivity index (χ1n) is 11.6. The van der Waals surface area contributed by atoms with Crippen molar-refractivity contribution >= 4 is 29.2 Å². The summed E-state index contributed by atoms with van der Waals surface area (Å²) in [6.45, 7) is 4.92. The molecule has 0 spiro atoms. The van der Waals surface area contributed by atoms with Crippen molar-refractivity contribution in [3.63, 3.8) is 0 Å². The summed E-state index contributed by atoms with van der Waals surface area (Å²) in [6, 6.07) is 17.1. The van der Waals surface area contributed by atoms with Crippen LogP contribution in [0.2, 0.25) is 10.0 Å². The largest absolute Gasteiger partial charge is 0.490 e. The Labute approximate surface area is 224 Å². The van der Waals surface area contributed by atoms with Crippen LogP contribution < -0.4 is 24.7 Å². The SMILES string of the molecule is CCCOc1ccc(C2C(C#N)=C(N)Oc3cc(OC(=O)c4ccc(Cl)cc4Cl)ccc32)cc1OCC. The van der Waals surface area contributed by atoms with Crippen LogP contribution in [-0.2, 0) is 0 Å². The monoisotopic (exact) mass is 538 g/mol. The minimum Gasteiger partial charge on any atom is -0.490 e. The van der Waals surface area contributed by atoms with Crippen molar-refractivity contribution in [3.8, 4) is 29.1 Å². The third-order valence-electron chi connectivity index (χ3n) is 5.61. The van der Waals surface area contributed by atoms with E-state index in [1.54, 1.807) is 24.3 Å². The molecule has 0 aliphatic carbocycles. The lowest BCUT2D eigenvalue weighted by molar-refractivity contribution is 0.0734. The minimum atomic E-state index is -0.653. The summed E-state index contributed by atoms with van der Waals surface area (Å²) in [5.74, 6) is 0.565. The van der Waals surface area contributed by atoms with Crippen LogP contribution >= 0.6 is 23.2 Å². The van der Waals surface area contributed by atoms with Gasteiger partial charge in [0.15, 0.2) is 11.5 Å². The van der Waals surface area contributed by atoms with Crippen molar-refractivity contribution in [2.75, 3.05) is 13.2 Å². The summed E-state index contributed by atoms with van der Waals surface area (Å²) in [5.41, 5.74) is 8.02. The highest BCUT2D eigenvalue weighted by atomic mass is 35.5. The summed E-state index contributed by atoms with van der Waals surface area (Å²) in [6.07, 6.45) is 0.857. The Balaban J connectivity index is 1.69. The molecular weight excluding hydrogens is 515 g/mol. The topological polar surface area (TPSA) is 104 Å². The van der Waals surface area contributed by atoms with E-state index in [-0.39, 0.29) is 27.8 Å². The first kappa shape index (κ1) is 26.2. The molecule has 0 saturated carbocycles. The third-order valence-corrected chi connectivity index (χ3v) is 6.16. The maximum Gasteiger partial charge on any atom is 0.345 e. The molecule has 7 nitrogen and oxygen atoms in total. The van der Waals surface area contributed by atoms with Gasteiger partial charge in [0, 0.05) is 16.7 Å². The lowest BCUT2D eigenvalue weighted by atomic mass is 9.83. The summed E-state index contributed by atoms with van der Waals surface area (Å²) in [7, 11) is 0. The van der Waals surface area contributed by atoms with Gasteiger partial charge in [-0.3, -0.25) is 0 Å². The van der Waals surface area contributed by atoms with E-state index in [1.807, 2.05) is 32.0 Å². The smallest absolute Gasteiger partial charge is 0.345 e. The molecule has 1 atom stereocenters. The highest BCUT2D eigenvalue weighted by Gasteiger charge is 2.32. The first-order chi connectivity index (χ1) is 17.9. The zero-order chi connectivity index (χ0) is 26.5. The number of halogens is 2. The van der Waals surface area contributed by atoms with Crippen molar-refractivity contribution in [2.45, 2.75) is 26.2 Å². The Kier molecular flexibility index (Phi) is 8.12. The van der Waals surface area contributed by atoms with Crippen molar-refractivity contribution in [1.82, 2.24) is 0 Å². The Morgan fingerprint density at radius 2 is 1.86 bits per heavy atom. The van der Waals surface area contributed by atoms with E-state index in [9.17, 15) is 10.1 Å². The Morgan fingerprint density at radius 1 is 1.05 bits per heavy atom. The van der Waals surface area contributed by atoms with Gasteiger partial charge in [-0.1, -0.05) is 42.3 Å². The second kappa shape index (κ2) is 11.5. The molecule has 4 rings (SSSR count). The molecule has 1 heterocycles. The molecule has 37 heavy (non-hydrogen) atoms. The van der Waals surface area contributed by atoms with Crippen LogP contribution in [0.25, 0.3) is 0 Å². The fourth-order valence-electron chi connectivity index (χ4n) is 3.96. The van der Waals surface area contributed by atoms with E-state index in [1.165, 1.54) is 12.1 Å². The van der Waals surface area contributed by atoms with Gasteiger partial charge in [0.05, 0.1) is 29.7 Å². The molecule has 0 saturated heterocycles. The van der Waals surface area contributed by atoms with Gasteiger partial charge in [-0.05, 0) is 55.3 Å². The summed E-state index contributed by atoms with van der Waals surface area (Å²) in [4.78, 5) is 12.7. The van der Waals surface area contributed by atoms with Crippen molar-refractivity contribution < 1.29 is 23.7 Å². The normalized spacial score (nSPS) is 14.3. The number of esters is 1. The van der Waals surface area contributed by atoms with Gasteiger partial charge in [-0.15, -0.1) is 0 Å². The summed E-state index contributed by atoms with van der Waals surface area (Å²) >= 11 is 12.0. The lowest BCUT2D eigenvalue weighted by Gasteiger charge is -2.27.